The number of ether oxygens (including phenoxy) is 2. The van der Waals surface area contributed by atoms with E-state index >= 15 is 0 Å². The van der Waals surface area contributed by atoms with Gasteiger partial charge in [-0.1, -0.05) is 6.07 Å². The van der Waals surface area contributed by atoms with Crippen LogP contribution < -0.4 is 0 Å². The molecular formula is C19H17NO5. The minimum atomic E-state index is -0.404. The van der Waals surface area contributed by atoms with Crippen LogP contribution in [0.15, 0.2) is 46.9 Å². The minimum Gasteiger partial charge on any atom is -0.462 e. The molecule has 128 valence electrons. The van der Waals surface area contributed by atoms with Gasteiger partial charge in [-0.15, -0.1) is 0 Å². The fourth-order valence-corrected chi connectivity index (χ4v) is 2.39. The Morgan fingerprint density at radius 2 is 1.64 bits per heavy atom. The third-order valence-electron chi connectivity index (χ3n) is 3.52. The first kappa shape index (κ1) is 16.7. The minimum absolute atomic E-state index is 0.307. The third-order valence-corrected chi connectivity index (χ3v) is 3.52. The molecule has 6 nitrogen and oxygen atoms in total. The van der Waals surface area contributed by atoms with Gasteiger partial charge < -0.3 is 13.9 Å². The third kappa shape index (κ3) is 3.52. The normalized spacial score (nSPS) is 10.6. The highest BCUT2D eigenvalue weighted by molar-refractivity contribution is 5.94. The van der Waals surface area contributed by atoms with Gasteiger partial charge in [0, 0.05) is 5.56 Å². The molecular weight excluding hydrogens is 322 g/mol. The van der Waals surface area contributed by atoms with Crippen LogP contribution in [-0.2, 0) is 9.47 Å². The summed E-state index contributed by atoms with van der Waals surface area (Å²) in [6.45, 7) is 4.12. The van der Waals surface area contributed by atoms with Gasteiger partial charge in [-0.2, -0.15) is 0 Å². The van der Waals surface area contributed by atoms with Crippen molar-refractivity contribution >= 4 is 23.0 Å². The molecule has 0 unspecified atom stereocenters. The van der Waals surface area contributed by atoms with Crippen molar-refractivity contribution in [2.45, 2.75) is 13.8 Å². The Kier molecular flexibility index (Phi) is 4.79. The van der Waals surface area contributed by atoms with E-state index < -0.39 is 11.9 Å². The van der Waals surface area contributed by atoms with E-state index in [0.717, 1.165) is 0 Å². The molecule has 0 N–H and O–H groups in total. The summed E-state index contributed by atoms with van der Waals surface area (Å²) in [7, 11) is 0. The quantitative estimate of drug-likeness (QED) is 0.657. The van der Waals surface area contributed by atoms with Crippen LogP contribution in [0.1, 0.15) is 34.6 Å². The first-order valence-corrected chi connectivity index (χ1v) is 7.97. The molecule has 0 aliphatic rings. The van der Waals surface area contributed by atoms with Crippen molar-refractivity contribution in [3.05, 3.63) is 53.6 Å². The highest BCUT2D eigenvalue weighted by atomic mass is 16.5. The average Bonchev–Trinajstić information content (AvgIpc) is 3.05. The first-order valence-electron chi connectivity index (χ1n) is 7.97. The molecule has 0 bridgehead atoms. The van der Waals surface area contributed by atoms with E-state index in [-0.39, 0.29) is 0 Å². The standard InChI is InChI=1S/C19H17NO5/c1-3-23-18(21)13-7-5-6-12(10-13)17-20-15-11-14(19(22)24-4-2)8-9-16(15)25-17/h5-11H,3-4H2,1-2H3. The molecule has 0 atom stereocenters. The molecule has 6 heteroatoms. The average molecular weight is 339 g/mol. The van der Waals surface area contributed by atoms with Crippen LogP contribution in [-0.4, -0.2) is 30.1 Å². The Hall–Kier alpha value is -3.15. The Morgan fingerprint density at radius 3 is 2.32 bits per heavy atom. The second kappa shape index (κ2) is 7.17. The number of benzene rings is 2. The summed E-state index contributed by atoms with van der Waals surface area (Å²) in [6.07, 6.45) is 0. The lowest BCUT2D eigenvalue weighted by atomic mass is 10.1. The Labute approximate surface area is 144 Å². The van der Waals surface area contributed by atoms with Gasteiger partial charge in [-0.25, -0.2) is 14.6 Å². The number of esters is 2. The highest BCUT2D eigenvalue weighted by Crippen LogP contribution is 2.26. The molecule has 0 aliphatic heterocycles. The van der Waals surface area contributed by atoms with Gasteiger partial charge in [0.05, 0.1) is 24.3 Å². The Morgan fingerprint density at radius 1 is 0.960 bits per heavy atom. The number of aromatic nitrogens is 1. The molecule has 0 aliphatic carbocycles. The summed E-state index contributed by atoms with van der Waals surface area (Å²) in [6, 6.07) is 11.8. The second-order valence-corrected chi connectivity index (χ2v) is 5.22. The summed E-state index contributed by atoms with van der Waals surface area (Å²) in [5.41, 5.74) is 2.58. The maximum Gasteiger partial charge on any atom is 0.338 e. The molecule has 0 saturated carbocycles. The van der Waals surface area contributed by atoms with Crippen molar-refractivity contribution in [3.8, 4) is 11.5 Å². The van der Waals surface area contributed by atoms with Crippen LogP contribution >= 0.6 is 0 Å². The lowest BCUT2D eigenvalue weighted by Gasteiger charge is -2.02. The monoisotopic (exact) mass is 339 g/mol. The summed E-state index contributed by atoms with van der Waals surface area (Å²) in [5.74, 6) is -0.439. The second-order valence-electron chi connectivity index (χ2n) is 5.22. The number of hydrogen-bond acceptors (Lipinski definition) is 6. The van der Waals surface area contributed by atoms with Gasteiger partial charge in [0.2, 0.25) is 5.89 Å². The smallest absolute Gasteiger partial charge is 0.338 e. The highest BCUT2D eigenvalue weighted by Gasteiger charge is 2.14. The van der Waals surface area contributed by atoms with Crippen LogP contribution in [0.3, 0.4) is 0 Å². The first-order chi connectivity index (χ1) is 12.1. The zero-order valence-electron chi connectivity index (χ0n) is 13.9. The van der Waals surface area contributed by atoms with E-state index in [4.69, 9.17) is 13.9 Å². The van der Waals surface area contributed by atoms with Crippen molar-refractivity contribution in [1.29, 1.82) is 0 Å². The van der Waals surface area contributed by atoms with Crippen LogP contribution in [0.2, 0.25) is 0 Å². The van der Waals surface area contributed by atoms with Crippen molar-refractivity contribution in [2.75, 3.05) is 13.2 Å². The number of nitrogens with zero attached hydrogens (tertiary/aromatic N) is 1. The van der Waals surface area contributed by atoms with E-state index in [1.54, 1.807) is 56.3 Å². The van der Waals surface area contributed by atoms with Gasteiger partial charge >= 0.3 is 11.9 Å². The van der Waals surface area contributed by atoms with Crippen molar-refractivity contribution in [1.82, 2.24) is 4.98 Å². The number of oxazole rings is 1. The van der Waals surface area contributed by atoms with E-state index in [9.17, 15) is 9.59 Å². The predicted molar refractivity (Wildman–Crippen MR) is 91.4 cm³/mol. The molecule has 0 spiro atoms. The van der Waals surface area contributed by atoms with E-state index in [0.29, 0.717) is 46.9 Å². The fraction of sp³-hybridized carbons (Fsp3) is 0.211. The number of hydrogen-bond donors (Lipinski definition) is 0. The van der Waals surface area contributed by atoms with Gasteiger partial charge in [0.1, 0.15) is 5.52 Å². The van der Waals surface area contributed by atoms with Crippen molar-refractivity contribution in [2.24, 2.45) is 0 Å². The fourth-order valence-electron chi connectivity index (χ4n) is 2.39. The summed E-state index contributed by atoms with van der Waals surface area (Å²) < 4.78 is 15.7. The predicted octanol–water partition coefficient (Wildman–Crippen LogP) is 3.85. The van der Waals surface area contributed by atoms with Crippen LogP contribution in [0.4, 0.5) is 0 Å². The maximum absolute atomic E-state index is 11.9. The molecule has 0 saturated heterocycles. The Bertz CT molecular complexity index is 928. The molecule has 0 radical (unpaired) electrons. The number of fused-ring (bicyclic) bond motifs is 1. The summed E-state index contributed by atoms with van der Waals surface area (Å²) in [5, 5.41) is 0. The molecule has 25 heavy (non-hydrogen) atoms. The summed E-state index contributed by atoms with van der Waals surface area (Å²) in [4.78, 5) is 28.1. The molecule has 0 amide bonds. The Balaban J connectivity index is 1.95. The van der Waals surface area contributed by atoms with Crippen molar-refractivity contribution < 1.29 is 23.5 Å². The van der Waals surface area contributed by atoms with Crippen molar-refractivity contribution in [3.63, 3.8) is 0 Å². The van der Waals surface area contributed by atoms with Crippen LogP contribution in [0.5, 0.6) is 0 Å². The van der Waals surface area contributed by atoms with E-state index in [1.165, 1.54) is 0 Å². The molecule has 1 heterocycles. The van der Waals surface area contributed by atoms with Gasteiger partial charge in [-0.05, 0) is 50.2 Å². The summed E-state index contributed by atoms with van der Waals surface area (Å²) >= 11 is 0. The topological polar surface area (TPSA) is 78.6 Å². The zero-order valence-corrected chi connectivity index (χ0v) is 13.9. The lowest BCUT2D eigenvalue weighted by molar-refractivity contribution is 0.0517. The van der Waals surface area contributed by atoms with Crippen LogP contribution in [0, 0.1) is 0 Å². The molecule has 0 fully saturated rings. The maximum atomic E-state index is 11.9. The zero-order chi connectivity index (χ0) is 17.8. The van der Waals surface area contributed by atoms with Gasteiger partial charge in [-0.3, -0.25) is 0 Å². The molecule has 1 aromatic heterocycles. The van der Waals surface area contributed by atoms with Crippen LogP contribution in [0.25, 0.3) is 22.6 Å². The van der Waals surface area contributed by atoms with E-state index in [1.807, 2.05) is 0 Å². The molecule has 3 rings (SSSR count). The van der Waals surface area contributed by atoms with Gasteiger partial charge in [0.15, 0.2) is 5.58 Å². The molecule has 3 aromatic rings. The number of carbonyl (C=O) groups is 2. The number of carbonyl (C=O) groups excluding carboxylic acids is 2. The SMILES string of the molecule is CCOC(=O)c1cccc(-c2nc3cc(C(=O)OCC)ccc3o2)c1. The van der Waals surface area contributed by atoms with E-state index in [2.05, 4.69) is 4.98 Å². The largest absolute Gasteiger partial charge is 0.462 e. The molecule has 2 aromatic carbocycles. The van der Waals surface area contributed by atoms with Gasteiger partial charge in [0.25, 0.3) is 0 Å². The lowest BCUT2D eigenvalue weighted by Crippen LogP contribution is -2.04. The number of rotatable bonds is 5.